The van der Waals surface area contributed by atoms with Gasteiger partial charge in [0.25, 0.3) is 5.91 Å². The summed E-state index contributed by atoms with van der Waals surface area (Å²) in [6.07, 6.45) is 0. The molecule has 0 atom stereocenters. The molecule has 0 radical (unpaired) electrons. The first-order chi connectivity index (χ1) is 7.97. The summed E-state index contributed by atoms with van der Waals surface area (Å²) in [6, 6.07) is 3.97. The zero-order chi connectivity index (χ0) is 12.6. The summed E-state index contributed by atoms with van der Waals surface area (Å²) in [4.78, 5) is 20.6. The molecule has 0 aliphatic carbocycles. The second kappa shape index (κ2) is 4.25. The summed E-state index contributed by atoms with van der Waals surface area (Å²) in [5.74, 6) is -0.480. The second-order valence-corrected chi connectivity index (χ2v) is 4.94. The number of thiazole rings is 1. The van der Waals surface area contributed by atoms with E-state index in [0.717, 1.165) is 27.5 Å². The monoisotopic (exact) mass is 247 g/mol. The number of hydrogen-bond donors (Lipinski definition) is 1. The fourth-order valence-electron chi connectivity index (χ4n) is 1.74. The predicted molar refractivity (Wildman–Crippen MR) is 68.1 cm³/mol. The number of carbonyl (C=O) groups is 1. The van der Waals surface area contributed by atoms with Crippen LogP contribution >= 0.6 is 11.3 Å². The first-order valence-corrected chi connectivity index (χ1v) is 6.02. The second-order valence-electron chi connectivity index (χ2n) is 3.94. The molecule has 2 aromatic rings. The van der Waals surface area contributed by atoms with Gasteiger partial charge in [-0.1, -0.05) is 0 Å². The van der Waals surface area contributed by atoms with Crippen LogP contribution in [0.25, 0.3) is 10.4 Å². The van der Waals surface area contributed by atoms with Crippen molar-refractivity contribution in [2.45, 2.75) is 20.8 Å². The molecule has 0 aliphatic rings. The number of aryl methyl sites for hydroxylation is 3. The van der Waals surface area contributed by atoms with Gasteiger partial charge in [-0.3, -0.25) is 9.78 Å². The number of aromatic nitrogens is 2. The predicted octanol–water partition coefficient (Wildman–Crippen LogP) is 2.23. The van der Waals surface area contributed by atoms with E-state index >= 15 is 0 Å². The summed E-state index contributed by atoms with van der Waals surface area (Å²) in [5, 5.41) is 0.351. The molecule has 2 aromatic heterocycles. The molecule has 0 saturated heterocycles. The third kappa shape index (κ3) is 2.34. The number of pyridine rings is 1. The zero-order valence-corrected chi connectivity index (χ0v) is 10.8. The first-order valence-electron chi connectivity index (χ1n) is 5.20. The minimum Gasteiger partial charge on any atom is -0.364 e. The lowest BCUT2D eigenvalue weighted by Gasteiger charge is -2.02. The van der Waals surface area contributed by atoms with Gasteiger partial charge in [0, 0.05) is 11.4 Å². The van der Waals surface area contributed by atoms with E-state index in [1.54, 1.807) is 0 Å². The number of nitrogens with zero attached hydrogens (tertiary/aromatic N) is 2. The number of hydrogen-bond acceptors (Lipinski definition) is 4. The molecule has 0 spiro atoms. The average Bonchev–Trinajstić information content (AvgIpc) is 2.59. The van der Waals surface area contributed by atoms with Crippen LogP contribution in [0.2, 0.25) is 0 Å². The molecule has 0 bridgehead atoms. The van der Waals surface area contributed by atoms with Crippen molar-refractivity contribution in [2.75, 3.05) is 0 Å². The molecule has 0 fully saturated rings. The fraction of sp³-hybridized carbons (Fsp3) is 0.250. The number of primary amides is 1. The first kappa shape index (κ1) is 11.7. The Morgan fingerprint density at radius 3 is 2.24 bits per heavy atom. The molecule has 5 heteroatoms. The Morgan fingerprint density at radius 2 is 1.76 bits per heavy atom. The molecule has 0 saturated carbocycles. The van der Waals surface area contributed by atoms with Crippen LogP contribution in [-0.4, -0.2) is 15.9 Å². The zero-order valence-electron chi connectivity index (χ0n) is 9.94. The SMILES string of the molecule is Cc1cc(-c2sc(C(N)=O)nc2C)cc(C)n1. The van der Waals surface area contributed by atoms with Gasteiger partial charge in [-0.05, 0) is 38.5 Å². The molecule has 88 valence electrons. The maximum Gasteiger partial charge on any atom is 0.277 e. The largest absolute Gasteiger partial charge is 0.364 e. The van der Waals surface area contributed by atoms with E-state index in [-0.39, 0.29) is 0 Å². The van der Waals surface area contributed by atoms with Crippen LogP contribution in [0.1, 0.15) is 26.9 Å². The van der Waals surface area contributed by atoms with Crippen molar-refractivity contribution in [3.63, 3.8) is 0 Å². The van der Waals surface area contributed by atoms with Crippen molar-refractivity contribution in [1.82, 2.24) is 9.97 Å². The molecule has 2 N–H and O–H groups in total. The minimum atomic E-state index is -0.480. The van der Waals surface area contributed by atoms with Crippen molar-refractivity contribution < 1.29 is 4.79 Å². The van der Waals surface area contributed by atoms with Gasteiger partial charge in [0.1, 0.15) is 0 Å². The van der Waals surface area contributed by atoms with Crippen molar-refractivity contribution >= 4 is 17.2 Å². The van der Waals surface area contributed by atoms with Gasteiger partial charge in [-0.15, -0.1) is 11.3 Å². The normalized spacial score (nSPS) is 10.5. The van der Waals surface area contributed by atoms with Crippen LogP contribution in [0.15, 0.2) is 12.1 Å². The van der Waals surface area contributed by atoms with E-state index in [4.69, 9.17) is 5.73 Å². The van der Waals surface area contributed by atoms with Crippen LogP contribution < -0.4 is 5.73 Å². The summed E-state index contributed by atoms with van der Waals surface area (Å²) in [5.41, 5.74) is 9.00. The lowest BCUT2D eigenvalue weighted by Crippen LogP contribution is -2.10. The lowest BCUT2D eigenvalue weighted by atomic mass is 10.1. The smallest absolute Gasteiger partial charge is 0.277 e. The third-order valence-electron chi connectivity index (χ3n) is 2.35. The Morgan fingerprint density at radius 1 is 1.18 bits per heavy atom. The van der Waals surface area contributed by atoms with E-state index < -0.39 is 5.91 Å². The van der Waals surface area contributed by atoms with E-state index in [1.165, 1.54) is 11.3 Å². The van der Waals surface area contributed by atoms with Gasteiger partial charge in [0.05, 0.1) is 10.6 Å². The summed E-state index contributed by atoms with van der Waals surface area (Å²) >= 11 is 1.32. The number of carbonyl (C=O) groups excluding carboxylic acids is 1. The summed E-state index contributed by atoms with van der Waals surface area (Å²) < 4.78 is 0. The Bertz CT molecular complexity index is 569. The maximum atomic E-state index is 11.1. The highest BCUT2D eigenvalue weighted by Gasteiger charge is 2.13. The summed E-state index contributed by atoms with van der Waals surface area (Å²) in [7, 11) is 0. The van der Waals surface area contributed by atoms with Gasteiger partial charge in [-0.25, -0.2) is 4.98 Å². The average molecular weight is 247 g/mol. The molecular formula is C12H13N3OS. The highest BCUT2D eigenvalue weighted by Crippen LogP contribution is 2.30. The molecule has 0 aliphatic heterocycles. The molecule has 1 amide bonds. The molecule has 0 aromatic carbocycles. The van der Waals surface area contributed by atoms with Crippen molar-refractivity contribution in [3.05, 3.63) is 34.2 Å². The molecule has 17 heavy (non-hydrogen) atoms. The quantitative estimate of drug-likeness (QED) is 0.884. The number of rotatable bonds is 2. The Balaban J connectivity index is 2.56. The van der Waals surface area contributed by atoms with E-state index in [9.17, 15) is 4.79 Å². The van der Waals surface area contributed by atoms with Crippen LogP contribution in [0.3, 0.4) is 0 Å². The molecule has 2 rings (SSSR count). The summed E-state index contributed by atoms with van der Waals surface area (Å²) in [6.45, 7) is 5.77. The van der Waals surface area contributed by atoms with Gasteiger partial charge in [0.15, 0.2) is 5.01 Å². The van der Waals surface area contributed by atoms with Crippen molar-refractivity contribution in [3.8, 4) is 10.4 Å². The van der Waals surface area contributed by atoms with Crippen LogP contribution in [-0.2, 0) is 0 Å². The topological polar surface area (TPSA) is 68.9 Å². The van der Waals surface area contributed by atoms with Crippen LogP contribution in [0, 0.1) is 20.8 Å². The highest BCUT2D eigenvalue weighted by molar-refractivity contribution is 7.17. The van der Waals surface area contributed by atoms with Gasteiger partial charge >= 0.3 is 0 Å². The van der Waals surface area contributed by atoms with Crippen LogP contribution in [0.5, 0.6) is 0 Å². The maximum absolute atomic E-state index is 11.1. The molecule has 0 unspecified atom stereocenters. The fourth-order valence-corrected chi connectivity index (χ4v) is 2.64. The molecule has 4 nitrogen and oxygen atoms in total. The minimum absolute atomic E-state index is 0.351. The van der Waals surface area contributed by atoms with E-state index in [1.807, 2.05) is 32.9 Å². The Kier molecular flexibility index (Phi) is 2.93. The number of amides is 1. The van der Waals surface area contributed by atoms with Gasteiger partial charge in [-0.2, -0.15) is 0 Å². The van der Waals surface area contributed by atoms with E-state index in [0.29, 0.717) is 5.01 Å². The Labute approximate surface area is 104 Å². The van der Waals surface area contributed by atoms with Gasteiger partial charge < -0.3 is 5.73 Å². The molecular weight excluding hydrogens is 234 g/mol. The molecule has 2 heterocycles. The van der Waals surface area contributed by atoms with E-state index in [2.05, 4.69) is 9.97 Å². The highest BCUT2D eigenvalue weighted by atomic mass is 32.1. The lowest BCUT2D eigenvalue weighted by molar-refractivity contribution is 0.1000. The van der Waals surface area contributed by atoms with Crippen molar-refractivity contribution in [2.24, 2.45) is 5.73 Å². The third-order valence-corrected chi connectivity index (χ3v) is 3.57. The standard InChI is InChI=1S/C12H13N3OS/c1-6-4-9(5-7(2)14-6)10-8(3)15-12(17-10)11(13)16/h4-5H,1-3H3,(H2,13,16). The van der Waals surface area contributed by atoms with Crippen LogP contribution in [0.4, 0.5) is 0 Å². The van der Waals surface area contributed by atoms with Gasteiger partial charge in [0.2, 0.25) is 0 Å². The number of nitrogens with two attached hydrogens (primary N) is 1. The van der Waals surface area contributed by atoms with Crippen molar-refractivity contribution in [1.29, 1.82) is 0 Å². The Hall–Kier alpha value is -1.75.